The van der Waals surface area contributed by atoms with Gasteiger partial charge in [0.2, 0.25) is 0 Å². The topological polar surface area (TPSA) is 173 Å². The van der Waals surface area contributed by atoms with Crippen molar-refractivity contribution in [1.82, 2.24) is 0 Å². The molecule has 0 saturated heterocycles. The maximum Gasteiger partial charge on any atom is 0.330 e. The van der Waals surface area contributed by atoms with Crippen molar-refractivity contribution < 1.29 is 45.0 Å². The first-order valence-corrected chi connectivity index (χ1v) is 7.30. The van der Waals surface area contributed by atoms with Crippen LogP contribution in [0.5, 0.6) is 0 Å². The van der Waals surface area contributed by atoms with E-state index in [1.807, 2.05) is 0 Å². The van der Waals surface area contributed by atoms with Crippen LogP contribution in [-0.4, -0.2) is 68.4 Å². The SMILES string of the molecule is C=C(C)C(=O)O.C=C(C)C(=O)O.C=C(C)C(=O)O.C=CC(CO)(CO)CO. The second kappa shape index (κ2) is 18.1. The average Bonchev–Trinajstić information content (AvgIpc) is 2.58. The summed E-state index contributed by atoms with van der Waals surface area (Å²) >= 11 is 0. The fourth-order valence-corrected chi connectivity index (χ4v) is 0.344. The van der Waals surface area contributed by atoms with Crippen molar-refractivity contribution in [3.05, 3.63) is 49.1 Å². The Morgan fingerprint density at radius 3 is 0.852 bits per heavy atom. The third kappa shape index (κ3) is 23.2. The number of aliphatic carboxylic acids is 3. The van der Waals surface area contributed by atoms with Gasteiger partial charge in [0.05, 0.1) is 25.2 Å². The van der Waals surface area contributed by atoms with E-state index >= 15 is 0 Å². The van der Waals surface area contributed by atoms with Gasteiger partial charge in [-0.1, -0.05) is 25.8 Å². The number of aliphatic hydroxyl groups is 3. The molecule has 0 aliphatic heterocycles. The predicted molar refractivity (Wildman–Crippen MR) is 101 cm³/mol. The predicted octanol–water partition coefficient (Wildman–Crippen LogP) is 1.08. The molecule has 0 aromatic heterocycles. The Balaban J connectivity index is -0.000000133. The van der Waals surface area contributed by atoms with Crippen molar-refractivity contribution in [2.24, 2.45) is 5.41 Å². The third-order valence-electron chi connectivity index (χ3n) is 2.47. The highest BCUT2D eigenvalue weighted by molar-refractivity contribution is 5.85. The molecule has 156 valence electrons. The Morgan fingerprint density at radius 2 is 0.852 bits per heavy atom. The van der Waals surface area contributed by atoms with Crippen LogP contribution in [0.25, 0.3) is 0 Å². The lowest BCUT2D eigenvalue weighted by molar-refractivity contribution is -0.133. The minimum absolute atomic E-state index is 0.176. The molecule has 0 heterocycles. The van der Waals surface area contributed by atoms with Gasteiger partial charge in [0.25, 0.3) is 0 Å². The van der Waals surface area contributed by atoms with Gasteiger partial charge >= 0.3 is 17.9 Å². The first-order valence-electron chi connectivity index (χ1n) is 7.30. The van der Waals surface area contributed by atoms with Crippen molar-refractivity contribution in [3.8, 4) is 0 Å². The molecule has 0 spiro atoms. The van der Waals surface area contributed by atoms with E-state index in [-0.39, 0.29) is 36.5 Å². The molecule has 0 aliphatic rings. The van der Waals surface area contributed by atoms with Crippen LogP contribution in [0.3, 0.4) is 0 Å². The summed E-state index contributed by atoms with van der Waals surface area (Å²) in [7, 11) is 0. The molecule has 0 bridgehead atoms. The van der Waals surface area contributed by atoms with Crippen LogP contribution in [0.1, 0.15) is 20.8 Å². The summed E-state index contributed by atoms with van der Waals surface area (Å²) in [6, 6.07) is 0. The van der Waals surface area contributed by atoms with Crippen LogP contribution in [0, 0.1) is 5.41 Å². The van der Waals surface area contributed by atoms with E-state index in [9.17, 15) is 14.4 Å². The van der Waals surface area contributed by atoms with Gasteiger partial charge in [-0.05, 0) is 20.8 Å². The van der Waals surface area contributed by atoms with Crippen molar-refractivity contribution in [2.45, 2.75) is 20.8 Å². The summed E-state index contributed by atoms with van der Waals surface area (Å²) < 4.78 is 0. The quantitative estimate of drug-likeness (QED) is 0.274. The van der Waals surface area contributed by atoms with Gasteiger partial charge in [-0.25, -0.2) is 14.4 Å². The summed E-state index contributed by atoms with van der Waals surface area (Å²) in [6.07, 6.45) is 1.35. The first-order chi connectivity index (χ1) is 12.2. The van der Waals surface area contributed by atoms with Gasteiger partial charge in [0.15, 0.2) is 0 Å². The van der Waals surface area contributed by atoms with E-state index in [1.54, 1.807) is 0 Å². The molecule has 27 heavy (non-hydrogen) atoms. The Hall–Kier alpha value is -2.75. The van der Waals surface area contributed by atoms with E-state index in [1.165, 1.54) is 26.8 Å². The normalized spacial score (nSPS) is 8.81. The molecule has 0 aliphatic carbocycles. The van der Waals surface area contributed by atoms with Crippen molar-refractivity contribution in [2.75, 3.05) is 19.8 Å². The molecule has 9 nitrogen and oxygen atoms in total. The van der Waals surface area contributed by atoms with Crippen molar-refractivity contribution >= 4 is 17.9 Å². The largest absolute Gasteiger partial charge is 0.478 e. The van der Waals surface area contributed by atoms with Crippen LogP contribution in [0.4, 0.5) is 0 Å². The highest BCUT2D eigenvalue weighted by Crippen LogP contribution is 2.14. The van der Waals surface area contributed by atoms with E-state index in [4.69, 9.17) is 30.6 Å². The highest BCUT2D eigenvalue weighted by Gasteiger charge is 2.22. The maximum absolute atomic E-state index is 9.60. The van der Waals surface area contributed by atoms with Gasteiger partial charge in [-0.15, -0.1) is 6.58 Å². The fourth-order valence-electron chi connectivity index (χ4n) is 0.344. The number of carboxylic acid groups (broad SMARTS) is 3. The minimum atomic E-state index is -0.935. The second-order valence-corrected chi connectivity index (χ2v) is 5.30. The Kier molecular flexibility index (Phi) is 21.4. The lowest BCUT2D eigenvalue weighted by Crippen LogP contribution is -2.31. The number of rotatable bonds is 7. The minimum Gasteiger partial charge on any atom is -0.478 e. The number of hydrogen-bond acceptors (Lipinski definition) is 6. The maximum atomic E-state index is 9.60. The molecule has 0 unspecified atom stereocenters. The Morgan fingerprint density at radius 1 is 0.704 bits per heavy atom. The molecule has 0 rings (SSSR count). The van der Waals surface area contributed by atoms with E-state index in [0.29, 0.717) is 0 Å². The molecule has 0 saturated carbocycles. The summed E-state index contributed by atoms with van der Waals surface area (Å²) in [5, 5.41) is 49.4. The molecule has 0 aromatic carbocycles. The second-order valence-electron chi connectivity index (χ2n) is 5.30. The van der Waals surface area contributed by atoms with Gasteiger partial charge in [0, 0.05) is 16.7 Å². The van der Waals surface area contributed by atoms with Gasteiger partial charge in [0.1, 0.15) is 0 Å². The number of carboxylic acids is 3. The molecule has 9 heteroatoms. The summed E-state index contributed by atoms with van der Waals surface area (Å²) in [4.78, 5) is 28.8. The highest BCUT2D eigenvalue weighted by atomic mass is 16.4. The first kappa shape index (κ1) is 32.0. The Bertz CT molecular complexity index is 428. The molecule has 0 atom stereocenters. The monoisotopic (exact) mass is 390 g/mol. The van der Waals surface area contributed by atoms with E-state index < -0.39 is 23.3 Å². The smallest absolute Gasteiger partial charge is 0.330 e. The van der Waals surface area contributed by atoms with Crippen molar-refractivity contribution in [3.63, 3.8) is 0 Å². The average molecular weight is 390 g/mol. The number of carbonyl (C=O) groups is 3. The van der Waals surface area contributed by atoms with Crippen LogP contribution in [0.2, 0.25) is 0 Å². The van der Waals surface area contributed by atoms with Crippen LogP contribution < -0.4 is 0 Å². The zero-order valence-electron chi connectivity index (χ0n) is 15.9. The lowest BCUT2D eigenvalue weighted by Gasteiger charge is -2.21. The van der Waals surface area contributed by atoms with Crippen molar-refractivity contribution in [1.29, 1.82) is 0 Å². The zero-order valence-corrected chi connectivity index (χ0v) is 15.9. The summed E-state index contributed by atoms with van der Waals surface area (Å²) in [6.45, 7) is 16.3. The van der Waals surface area contributed by atoms with Crippen LogP contribution in [-0.2, 0) is 14.4 Å². The van der Waals surface area contributed by atoms with E-state index in [2.05, 4.69) is 26.3 Å². The van der Waals surface area contributed by atoms with Gasteiger partial charge in [-0.2, -0.15) is 0 Å². The van der Waals surface area contributed by atoms with E-state index in [0.717, 1.165) is 0 Å². The molecule has 6 N–H and O–H groups in total. The Labute approximate surface area is 158 Å². The molecule has 0 fully saturated rings. The molecular formula is C18H30O9. The molecular weight excluding hydrogens is 360 g/mol. The van der Waals surface area contributed by atoms with Crippen LogP contribution >= 0.6 is 0 Å². The van der Waals surface area contributed by atoms with Gasteiger partial charge in [-0.3, -0.25) is 0 Å². The zero-order chi connectivity index (χ0) is 22.8. The number of hydrogen-bond donors (Lipinski definition) is 6. The summed E-state index contributed by atoms with van der Waals surface area (Å²) in [5.74, 6) is -2.81. The molecule has 0 amide bonds. The molecule has 0 aromatic rings. The lowest BCUT2D eigenvalue weighted by atomic mass is 9.92. The van der Waals surface area contributed by atoms with Crippen LogP contribution in [0.15, 0.2) is 49.1 Å². The summed E-state index contributed by atoms with van der Waals surface area (Å²) in [5.41, 5.74) is -0.375. The molecule has 0 radical (unpaired) electrons. The fraction of sp³-hybridized carbons (Fsp3) is 0.389. The third-order valence-corrected chi connectivity index (χ3v) is 2.47. The number of aliphatic hydroxyl groups excluding tert-OH is 3. The van der Waals surface area contributed by atoms with Gasteiger partial charge < -0.3 is 30.6 Å². The standard InChI is InChI=1S/C6H12O3.3C4H6O2/c1-2-6(3-7,4-8)5-9;3*1-3(2)4(5)6/h2,7-9H,1,3-5H2;3*1H2,2H3,(H,5,6).